The number of aliphatic imine (C=N–C) groups is 1. The molecular weight excluding hydrogens is 326 g/mol. The first kappa shape index (κ1) is 14.1. The summed E-state index contributed by atoms with van der Waals surface area (Å²) in [5.74, 6) is 1.65. The van der Waals surface area contributed by atoms with Gasteiger partial charge >= 0.3 is 0 Å². The number of furan rings is 1. The number of hydrogen-bond acceptors (Lipinski definition) is 3. The minimum absolute atomic E-state index is 0.538. The van der Waals surface area contributed by atoms with Crippen LogP contribution in [-0.2, 0) is 13.1 Å². The van der Waals surface area contributed by atoms with Gasteiger partial charge in [0.25, 0.3) is 0 Å². The summed E-state index contributed by atoms with van der Waals surface area (Å²) in [7, 11) is 0. The second kappa shape index (κ2) is 7.35. The molecule has 0 aliphatic heterocycles. The number of nitrogens with zero attached hydrogens (tertiary/aromatic N) is 1. The molecule has 6 heteroatoms. The fourth-order valence-corrected chi connectivity index (χ4v) is 2.91. The van der Waals surface area contributed by atoms with Gasteiger partial charge in [-0.1, -0.05) is 0 Å². The molecule has 0 aliphatic rings. The van der Waals surface area contributed by atoms with Gasteiger partial charge in [0.1, 0.15) is 12.3 Å². The molecule has 4 nitrogen and oxygen atoms in total. The van der Waals surface area contributed by atoms with Crippen molar-refractivity contribution in [1.82, 2.24) is 10.6 Å². The molecule has 0 spiro atoms. The topological polar surface area (TPSA) is 49.6 Å². The molecule has 19 heavy (non-hydrogen) atoms. The third kappa shape index (κ3) is 4.72. The van der Waals surface area contributed by atoms with E-state index in [1.807, 2.05) is 19.1 Å². The van der Waals surface area contributed by atoms with E-state index in [1.54, 1.807) is 17.6 Å². The Morgan fingerprint density at radius 1 is 1.47 bits per heavy atom. The second-order valence-electron chi connectivity index (χ2n) is 3.86. The highest BCUT2D eigenvalue weighted by molar-refractivity contribution is 9.10. The van der Waals surface area contributed by atoms with E-state index in [0.717, 1.165) is 29.3 Å². The van der Waals surface area contributed by atoms with Crippen LogP contribution in [0.5, 0.6) is 0 Å². The number of rotatable bonds is 5. The lowest BCUT2D eigenvalue weighted by molar-refractivity contribution is 0.512. The molecule has 102 valence electrons. The largest absolute Gasteiger partial charge is 0.467 e. The van der Waals surface area contributed by atoms with Gasteiger partial charge in [-0.2, -0.15) is 0 Å². The summed E-state index contributed by atoms with van der Waals surface area (Å²) in [5.41, 5.74) is 0. The zero-order chi connectivity index (χ0) is 13.5. The lowest BCUT2D eigenvalue weighted by Crippen LogP contribution is -2.36. The van der Waals surface area contributed by atoms with Gasteiger partial charge in [-0.25, -0.2) is 4.99 Å². The van der Waals surface area contributed by atoms with Gasteiger partial charge in [-0.05, 0) is 41.1 Å². The van der Waals surface area contributed by atoms with Crippen LogP contribution in [0, 0.1) is 0 Å². The van der Waals surface area contributed by atoms with Crippen molar-refractivity contribution in [1.29, 1.82) is 0 Å². The molecule has 0 aliphatic carbocycles. The molecule has 2 heterocycles. The average Bonchev–Trinajstić information content (AvgIpc) is 3.04. The maximum Gasteiger partial charge on any atom is 0.191 e. The zero-order valence-corrected chi connectivity index (χ0v) is 13.1. The van der Waals surface area contributed by atoms with Crippen molar-refractivity contribution in [2.75, 3.05) is 6.54 Å². The smallest absolute Gasteiger partial charge is 0.191 e. The predicted octanol–water partition coefficient (Wildman–Crippen LogP) is 3.36. The summed E-state index contributed by atoms with van der Waals surface area (Å²) in [4.78, 5) is 5.73. The molecule has 0 bridgehead atoms. The van der Waals surface area contributed by atoms with Crippen molar-refractivity contribution in [3.8, 4) is 0 Å². The van der Waals surface area contributed by atoms with Crippen LogP contribution in [0.25, 0.3) is 0 Å². The van der Waals surface area contributed by atoms with Crippen LogP contribution < -0.4 is 10.6 Å². The lowest BCUT2D eigenvalue weighted by atomic mass is 10.4. The van der Waals surface area contributed by atoms with Crippen molar-refractivity contribution < 1.29 is 4.42 Å². The highest BCUT2D eigenvalue weighted by Gasteiger charge is 2.01. The first-order valence-corrected chi connectivity index (χ1v) is 7.72. The van der Waals surface area contributed by atoms with Gasteiger partial charge in [0.15, 0.2) is 5.96 Å². The van der Waals surface area contributed by atoms with Crippen LogP contribution in [0.1, 0.15) is 17.6 Å². The standard InChI is InChI=1S/C13H16BrN3OS/c1-2-15-13(16-7-11-4-3-5-18-11)17-8-12-6-10(14)9-19-12/h3-6,9H,2,7-8H2,1H3,(H2,15,16,17). The molecule has 0 radical (unpaired) electrons. The van der Waals surface area contributed by atoms with Crippen LogP contribution in [0.15, 0.2) is 43.7 Å². The molecule has 2 rings (SSSR count). The molecule has 0 aromatic carbocycles. The molecule has 0 saturated heterocycles. The van der Waals surface area contributed by atoms with E-state index in [0.29, 0.717) is 6.54 Å². The van der Waals surface area contributed by atoms with Crippen LogP contribution in [-0.4, -0.2) is 12.5 Å². The van der Waals surface area contributed by atoms with Crippen LogP contribution in [0.2, 0.25) is 0 Å². The van der Waals surface area contributed by atoms with Gasteiger partial charge < -0.3 is 15.1 Å². The van der Waals surface area contributed by atoms with Crippen LogP contribution in [0.4, 0.5) is 0 Å². The minimum Gasteiger partial charge on any atom is -0.467 e. The minimum atomic E-state index is 0.538. The monoisotopic (exact) mass is 341 g/mol. The summed E-state index contributed by atoms with van der Waals surface area (Å²) >= 11 is 5.17. The maximum absolute atomic E-state index is 5.26. The van der Waals surface area contributed by atoms with Gasteiger partial charge in [0.05, 0.1) is 12.8 Å². The Balaban J connectivity index is 1.89. The number of guanidine groups is 1. The highest BCUT2D eigenvalue weighted by atomic mass is 79.9. The molecule has 2 N–H and O–H groups in total. The molecule has 2 aromatic heterocycles. The molecule has 0 saturated carbocycles. The van der Waals surface area contributed by atoms with E-state index in [2.05, 4.69) is 43.0 Å². The first-order chi connectivity index (χ1) is 9.28. The van der Waals surface area contributed by atoms with E-state index in [-0.39, 0.29) is 0 Å². The molecular formula is C13H16BrN3OS. The van der Waals surface area contributed by atoms with Gasteiger partial charge in [0, 0.05) is 21.3 Å². The molecule has 0 atom stereocenters. The quantitative estimate of drug-likeness (QED) is 0.647. The summed E-state index contributed by atoms with van der Waals surface area (Å²) in [6, 6.07) is 5.89. The fraction of sp³-hybridized carbons (Fsp3) is 0.308. The van der Waals surface area contributed by atoms with Gasteiger partial charge in [-0.15, -0.1) is 11.3 Å². The number of halogens is 1. The normalized spacial score (nSPS) is 11.6. The first-order valence-electron chi connectivity index (χ1n) is 6.05. The Bertz CT molecular complexity index is 522. The van der Waals surface area contributed by atoms with Gasteiger partial charge in [0.2, 0.25) is 0 Å². The van der Waals surface area contributed by atoms with E-state index >= 15 is 0 Å². The maximum atomic E-state index is 5.26. The zero-order valence-electron chi connectivity index (χ0n) is 10.6. The summed E-state index contributed by atoms with van der Waals surface area (Å²) in [6.45, 7) is 4.18. The Morgan fingerprint density at radius 2 is 2.37 bits per heavy atom. The van der Waals surface area contributed by atoms with Crippen molar-refractivity contribution in [3.05, 3.63) is 45.0 Å². The Labute approximate surface area is 125 Å². The van der Waals surface area contributed by atoms with Crippen LogP contribution >= 0.6 is 27.3 Å². The second-order valence-corrected chi connectivity index (χ2v) is 5.77. The molecule has 0 fully saturated rings. The summed E-state index contributed by atoms with van der Waals surface area (Å²) in [6.07, 6.45) is 1.66. The number of nitrogens with one attached hydrogen (secondary N) is 2. The lowest BCUT2D eigenvalue weighted by Gasteiger charge is -2.09. The third-order valence-electron chi connectivity index (χ3n) is 2.37. The Morgan fingerprint density at radius 3 is 3.00 bits per heavy atom. The van der Waals surface area contributed by atoms with Crippen molar-refractivity contribution in [2.45, 2.75) is 20.0 Å². The predicted molar refractivity (Wildman–Crippen MR) is 82.4 cm³/mol. The molecule has 0 unspecified atom stereocenters. The summed E-state index contributed by atoms with van der Waals surface area (Å²) < 4.78 is 6.38. The van der Waals surface area contributed by atoms with Crippen LogP contribution in [0.3, 0.4) is 0 Å². The van der Waals surface area contributed by atoms with E-state index in [9.17, 15) is 0 Å². The fourth-order valence-electron chi connectivity index (χ4n) is 1.52. The third-order valence-corrected chi connectivity index (χ3v) is 4.07. The average molecular weight is 342 g/mol. The Hall–Kier alpha value is -1.27. The number of hydrogen-bond donors (Lipinski definition) is 2. The summed E-state index contributed by atoms with van der Waals surface area (Å²) in [5, 5.41) is 8.59. The van der Waals surface area contributed by atoms with E-state index < -0.39 is 0 Å². The van der Waals surface area contributed by atoms with Crippen molar-refractivity contribution in [2.24, 2.45) is 4.99 Å². The van der Waals surface area contributed by atoms with Crippen molar-refractivity contribution in [3.63, 3.8) is 0 Å². The van der Waals surface area contributed by atoms with Crippen molar-refractivity contribution >= 4 is 33.2 Å². The van der Waals surface area contributed by atoms with E-state index in [4.69, 9.17) is 4.42 Å². The SMILES string of the molecule is CCNC(=NCc1ccco1)NCc1cc(Br)cs1. The molecule has 2 aromatic rings. The van der Waals surface area contributed by atoms with E-state index in [1.165, 1.54) is 4.88 Å². The van der Waals surface area contributed by atoms with Gasteiger partial charge in [-0.3, -0.25) is 0 Å². The molecule has 0 amide bonds. The number of thiophene rings is 1. The highest BCUT2D eigenvalue weighted by Crippen LogP contribution is 2.19. The Kier molecular flexibility index (Phi) is 5.47.